The fourth-order valence-electron chi connectivity index (χ4n) is 2.63. The summed E-state index contributed by atoms with van der Waals surface area (Å²) in [6, 6.07) is 14.5. The van der Waals surface area contributed by atoms with Crippen LogP contribution in [0.15, 0.2) is 42.5 Å². The standard InChI is InChI=1S/C17H22N2/c1-4-13-15(18)11-10-14(16(13)19)17(2,3)12-8-6-5-7-9-12/h5-11H,4,18-19H2,1-3H3. The molecule has 0 aliphatic rings. The molecule has 0 saturated heterocycles. The van der Waals surface area contributed by atoms with Gasteiger partial charge in [0.2, 0.25) is 0 Å². The lowest BCUT2D eigenvalue weighted by Gasteiger charge is -2.29. The van der Waals surface area contributed by atoms with E-state index < -0.39 is 0 Å². The van der Waals surface area contributed by atoms with Gasteiger partial charge in [-0.3, -0.25) is 0 Å². The minimum atomic E-state index is -0.122. The molecule has 0 radical (unpaired) electrons. The van der Waals surface area contributed by atoms with Crippen LogP contribution in [0, 0.1) is 0 Å². The van der Waals surface area contributed by atoms with Gasteiger partial charge in [-0.05, 0) is 29.2 Å². The van der Waals surface area contributed by atoms with Gasteiger partial charge in [-0.2, -0.15) is 0 Å². The highest BCUT2D eigenvalue weighted by molar-refractivity contribution is 5.68. The van der Waals surface area contributed by atoms with Crippen LogP contribution in [0.25, 0.3) is 0 Å². The molecule has 0 aliphatic carbocycles. The van der Waals surface area contributed by atoms with Crippen molar-refractivity contribution >= 4 is 11.4 Å². The highest BCUT2D eigenvalue weighted by atomic mass is 14.6. The molecule has 0 fully saturated rings. The van der Waals surface area contributed by atoms with Crippen LogP contribution in [0.2, 0.25) is 0 Å². The monoisotopic (exact) mass is 254 g/mol. The summed E-state index contributed by atoms with van der Waals surface area (Å²) in [4.78, 5) is 0. The third-order valence-corrected chi connectivity index (χ3v) is 3.92. The SMILES string of the molecule is CCc1c(N)ccc(C(C)(C)c2ccccc2)c1N. The Morgan fingerprint density at radius 2 is 1.58 bits per heavy atom. The summed E-state index contributed by atoms with van der Waals surface area (Å²) in [7, 11) is 0. The van der Waals surface area contributed by atoms with Crippen LogP contribution in [-0.2, 0) is 11.8 Å². The molecule has 2 aromatic rings. The normalized spacial score (nSPS) is 11.5. The first-order valence-electron chi connectivity index (χ1n) is 6.71. The Hall–Kier alpha value is -1.96. The molecular formula is C17H22N2. The number of benzene rings is 2. The molecule has 0 amide bonds. The van der Waals surface area contributed by atoms with Crippen molar-refractivity contribution in [1.82, 2.24) is 0 Å². The van der Waals surface area contributed by atoms with E-state index in [9.17, 15) is 0 Å². The van der Waals surface area contributed by atoms with Gasteiger partial charge in [0.05, 0.1) is 0 Å². The van der Waals surface area contributed by atoms with Crippen molar-refractivity contribution < 1.29 is 0 Å². The molecule has 0 bridgehead atoms. The van der Waals surface area contributed by atoms with Gasteiger partial charge >= 0.3 is 0 Å². The Morgan fingerprint density at radius 3 is 2.16 bits per heavy atom. The molecule has 0 spiro atoms. The van der Waals surface area contributed by atoms with E-state index >= 15 is 0 Å². The quantitative estimate of drug-likeness (QED) is 0.820. The Balaban J connectivity index is 2.59. The summed E-state index contributed by atoms with van der Waals surface area (Å²) in [5.74, 6) is 0. The van der Waals surface area contributed by atoms with Crippen molar-refractivity contribution in [1.29, 1.82) is 0 Å². The third-order valence-electron chi connectivity index (χ3n) is 3.92. The van der Waals surface area contributed by atoms with E-state index in [0.717, 1.165) is 28.9 Å². The maximum atomic E-state index is 6.34. The van der Waals surface area contributed by atoms with E-state index in [0.29, 0.717) is 0 Å². The summed E-state index contributed by atoms with van der Waals surface area (Å²) in [5.41, 5.74) is 17.3. The van der Waals surface area contributed by atoms with Gasteiger partial charge < -0.3 is 11.5 Å². The fourth-order valence-corrected chi connectivity index (χ4v) is 2.63. The van der Waals surface area contributed by atoms with Crippen molar-refractivity contribution in [3.05, 3.63) is 59.2 Å². The number of nitrogens with two attached hydrogens (primary N) is 2. The fraction of sp³-hybridized carbons (Fsp3) is 0.294. The molecule has 19 heavy (non-hydrogen) atoms. The molecule has 0 atom stereocenters. The second-order valence-electron chi connectivity index (χ2n) is 5.44. The average molecular weight is 254 g/mol. The third kappa shape index (κ3) is 2.30. The van der Waals surface area contributed by atoms with Gasteiger partial charge in [-0.15, -0.1) is 0 Å². The molecule has 0 aromatic heterocycles. The van der Waals surface area contributed by atoms with E-state index in [2.05, 4.69) is 51.1 Å². The molecule has 0 saturated carbocycles. The summed E-state index contributed by atoms with van der Waals surface area (Å²) in [5, 5.41) is 0. The lowest BCUT2D eigenvalue weighted by Crippen LogP contribution is -2.21. The van der Waals surface area contributed by atoms with Gasteiger partial charge in [0, 0.05) is 16.8 Å². The van der Waals surface area contributed by atoms with Gasteiger partial charge in [-0.25, -0.2) is 0 Å². The Morgan fingerprint density at radius 1 is 0.947 bits per heavy atom. The highest BCUT2D eigenvalue weighted by Gasteiger charge is 2.26. The van der Waals surface area contributed by atoms with Crippen LogP contribution in [0.5, 0.6) is 0 Å². The van der Waals surface area contributed by atoms with Gasteiger partial charge in [0.25, 0.3) is 0 Å². The van der Waals surface area contributed by atoms with Crippen molar-refractivity contribution in [2.24, 2.45) is 0 Å². The number of hydrogen-bond donors (Lipinski definition) is 2. The van der Waals surface area contributed by atoms with Crippen LogP contribution < -0.4 is 11.5 Å². The van der Waals surface area contributed by atoms with Crippen molar-refractivity contribution in [2.45, 2.75) is 32.6 Å². The number of anilines is 2. The van der Waals surface area contributed by atoms with E-state index in [-0.39, 0.29) is 5.41 Å². The van der Waals surface area contributed by atoms with Crippen molar-refractivity contribution in [3.8, 4) is 0 Å². The summed E-state index contributed by atoms with van der Waals surface area (Å²) in [6.45, 7) is 6.48. The van der Waals surface area contributed by atoms with E-state index in [1.165, 1.54) is 5.56 Å². The number of rotatable bonds is 3. The first kappa shape index (κ1) is 13.5. The predicted octanol–water partition coefficient (Wildman–Crippen LogP) is 3.74. The van der Waals surface area contributed by atoms with Gasteiger partial charge in [0.1, 0.15) is 0 Å². The molecule has 2 heteroatoms. The summed E-state index contributed by atoms with van der Waals surface area (Å²) >= 11 is 0. The van der Waals surface area contributed by atoms with E-state index in [4.69, 9.17) is 11.5 Å². The molecule has 0 unspecified atom stereocenters. The lowest BCUT2D eigenvalue weighted by molar-refractivity contribution is 0.642. The molecule has 2 aromatic carbocycles. The van der Waals surface area contributed by atoms with Gasteiger partial charge in [0.15, 0.2) is 0 Å². The maximum Gasteiger partial charge on any atom is 0.0408 e. The Bertz CT molecular complexity index is 571. The first-order chi connectivity index (χ1) is 8.98. The van der Waals surface area contributed by atoms with Crippen molar-refractivity contribution in [2.75, 3.05) is 11.5 Å². The van der Waals surface area contributed by atoms with Crippen LogP contribution in [0.1, 0.15) is 37.5 Å². The van der Waals surface area contributed by atoms with Crippen LogP contribution in [0.3, 0.4) is 0 Å². The zero-order valence-corrected chi connectivity index (χ0v) is 11.9. The Labute approximate surface area is 115 Å². The molecule has 0 aliphatic heterocycles. The summed E-state index contributed by atoms with van der Waals surface area (Å²) in [6.07, 6.45) is 0.858. The predicted molar refractivity (Wildman–Crippen MR) is 83.2 cm³/mol. The van der Waals surface area contributed by atoms with Gasteiger partial charge in [-0.1, -0.05) is 57.2 Å². The van der Waals surface area contributed by atoms with E-state index in [1.807, 2.05) is 12.1 Å². The summed E-state index contributed by atoms with van der Waals surface area (Å²) < 4.78 is 0. The topological polar surface area (TPSA) is 52.0 Å². The molecular weight excluding hydrogens is 232 g/mol. The second kappa shape index (κ2) is 4.96. The number of nitrogen functional groups attached to an aromatic ring is 2. The maximum absolute atomic E-state index is 6.34. The highest BCUT2D eigenvalue weighted by Crippen LogP contribution is 2.37. The smallest absolute Gasteiger partial charge is 0.0408 e. The minimum Gasteiger partial charge on any atom is -0.398 e. The molecule has 4 N–H and O–H groups in total. The van der Waals surface area contributed by atoms with E-state index in [1.54, 1.807) is 0 Å². The first-order valence-corrected chi connectivity index (χ1v) is 6.71. The van der Waals surface area contributed by atoms with Crippen LogP contribution in [0.4, 0.5) is 11.4 Å². The van der Waals surface area contributed by atoms with Crippen LogP contribution in [-0.4, -0.2) is 0 Å². The van der Waals surface area contributed by atoms with Crippen LogP contribution >= 0.6 is 0 Å². The molecule has 2 nitrogen and oxygen atoms in total. The largest absolute Gasteiger partial charge is 0.398 e. The molecule has 2 rings (SSSR count). The van der Waals surface area contributed by atoms with Crippen molar-refractivity contribution in [3.63, 3.8) is 0 Å². The zero-order chi connectivity index (χ0) is 14.0. The molecule has 0 heterocycles. The molecule has 100 valence electrons. The Kier molecular flexibility index (Phi) is 3.52. The zero-order valence-electron chi connectivity index (χ0n) is 11.9. The minimum absolute atomic E-state index is 0.122. The lowest BCUT2D eigenvalue weighted by atomic mass is 9.76. The number of hydrogen-bond acceptors (Lipinski definition) is 2. The second-order valence-corrected chi connectivity index (χ2v) is 5.44. The average Bonchev–Trinajstić information content (AvgIpc) is 2.40.